The summed E-state index contributed by atoms with van der Waals surface area (Å²) < 4.78 is 29.2. The zero-order valence-corrected chi connectivity index (χ0v) is 10.5. The Morgan fingerprint density at radius 1 is 1.44 bits per heavy atom. The summed E-state index contributed by atoms with van der Waals surface area (Å²) in [7, 11) is -4.82. The van der Waals surface area contributed by atoms with Crippen molar-refractivity contribution in [1.29, 1.82) is 0 Å². The van der Waals surface area contributed by atoms with E-state index in [2.05, 4.69) is 4.18 Å². The van der Waals surface area contributed by atoms with Crippen LogP contribution < -0.4 is 0 Å². The number of hydrogen-bond acceptors (Lipinski definition) is 4. The van der Waals surface area contributed by atoms with E-state index in [1.54, 1.807) is 0 Å². The van der Waals surface area contributed by atoms with Crippen molar-refractivity contribution in [2.45, 2.75) is 0 Å². The Kier molecular flexibility index (Phi) is 5.27. The van der Waals surface area contributed by atoms with Crippen molar-refractivity contribution in [2.24, 2.45) is 0 Å². The van der Waals surface area contributed by atoms with E-state index in [4.69, 9.17) is 9.66 Å². The van der Waals surface area contributed by atoms with Gasteiger partial charge in [0.2, 0.25) is 0 Å². The molecular weight excluding hydrogens is 347 g/mol. The molecule has 0 unspecified atom stereocenters. The van der Waals surface area contributed by atoms with Gasteiger partial charge in [0.25, 0.3) is 0 Å². The zero-order chi connectivity index (χ0) is 6.78. The third-order valence-electron chi connectivity index (χ3n) is 0.177. The predicted molar refractivity (Wildman–Crippen MR) is 29.2 cm³/mol. The molecule has 0 aliphatic heterocycles. The fraction of sp³-hybridized carbons (Fsp3) is 0. The second-order valence-corrected chi connectivity index (χ2v) is 1.80. The van der Waals surface area contributed by atoms with Gasteiger partial charge in [-0.05, 0) is 0 Å². The van der Waals surface area contributed by atoms with Gasteiger partial charge in [-0.2, -0.15) is 8.42 Å². The van der Waals surface area contributed by atoms with Crippen molar-refractivity contribution in [3.8, 4) is 0 Å². The Hall–Kier alpha value is 0.102. The average molecular weight is 351 g/mol. The molecule has 0 rings (SSSR count). The normalized spacial score (nSPS) is 9.44. The molecule has 0 aliphatic rings. The molecule has 6 nitrogen and oxygen atoms in total. The summed E-state index contributed by atoms with van der Waals surface area (Å²) in [6.45, 7) is 0. The molecule has 0 saturated carbocycles. The molecule has 8 heteroatoms. The fourth-order valence-corrected chi connectivity index (χ4v) is 0.270. The molecule has 0 heterocycles. The van der Waals surface area contributed by atoms with Crippen LogP contribution in [0.2, 0.25) is 0 Å². The molecule has 9 heavy (non-hydrogen) atoms. The second kappa shape index (κ2) is 4.00. The number of rotatable bonds is 1. The first-order valence-corrected chi connectivity index (χ1v) is 2.68. The van der Waals surface area contributed by atoms with Crippen LogP contribution in [0.3, 0.4) is 0 Å². The van der Waals surface area contributed by atoms with Crippen LogP contribution in [0.5, 0.6) is 0 Å². The second-order valence-electron chi connectivity index (χ2n) is 0.777. The first kappa shape index (κ1) is 11.8. The summed E-state index contributed by atoms with van der Waals surface area (Å²) in [5.41, 5.74) is 0. The van der Waals surface area contributed by atoms with Crippen LogP contribution in [0.1, 0.15) is 0 Å². The van der Waals surface area contributed by atoms with Gasteiger partial charge in [0.1, 0.15) is 0 Å². The number of carbonyl (C=O) groups is 1. The fourth-order valence-electron chi connectivity index (χ4n) is 0.0901. The van der Waals surface area contributed by atoms with E-state index in [1.807, 2.05) is 0 Å². The number of carboxylic acid groups (broad SMARTS) is 1. The van der Waals surface area contributed by atoms with E-state index in [0.29, 0.717) is 0 Å². The van der Waals surface area contributed by atoms with Gasteiger partial charge in [0, 0.05) is 0 Å². The van der Waals surface area contributed by atoms with Gasteiger partial charge in [-0.3, -0.25) is 8.74 Å². The van der Waals surface area contributed by atoms with Crippen LogP contribution in [0.15, 0.2) is 0 Å². The molecule has 0 aromatic rings. The minimum absolute atomic E-state index is 0. The average Bonchev–Trinajstić information content (AvgIpc) is 1.21. The summed E-state index contributed by atoms with van der Waals surface area (Å²) in [4.78, 5) is 9.25. The molecule has 2 radical (unpaired) electrons. The van der Waals surface area contributed by atoms with Crippen molar-refractivity contribution in [3.63, 3.8) is 0 Å². The van der Waals surface area contributed by atoms with Gasteiger partial charge < -0.3 is 5.11 Å². The van der Waals surface area contributed by atoms with Crippen molar-refractivity contribution < 1.29 is 27.1 Å². The Morgan fingerprint density at radius 2 is 1.78 bits per heavy atom. The Bertz CT molecular complexity index is 179. The van der Waals surface area contributed by atoms with Crippen LogP contribution in [-0.2, 0) is 14.6 Å². The Labute approximate surface area is 70.9 Å². The van der Waals surface area contributed by atoms with E-state index < -0.39 is 16.6 Å². The summed E-state index contributed by atoms with van der Waals surface area (Å²) in [6, 6.07) is 0. The van der Waals surface area contributed by atoms with Crippen LogP contribution in [0, 0.1) is 0 Å². The van der Waals surface area contributed by atoms with Crippen LogP contribution in [-0.4, -0.2) is 51.5 Å². The Morgan fingerprint density at radius 3 is 1.78 bits per heavy atom. The van der Waals surface area contributed by atoms with Gasteiger partial charge in [-0.25, -0.2) is 4.79 Å². The molecule has 0 aliphatic carbocycles. The molecule has 2 N–H and O–H groups in total. The minimum atomic E-state index is -4.82. The first-order chi connectivity index (χ1) is 3.42. The van der Waals surface area contributed by atoms with Crippen molar-refractivity contribution in [3.05, 3.63) is 0 Å². The first-order valence-electron chi connectivity index (χ1n) is 1.31. The van der Waals surface area contributed by atoms with Crippen molar-refractivity contribution >= 4 is 43.9 Å². The van der Waals surface area contributed by atoms with Gasteiger partial charge in [0.15, 0.2) is 0 Å². The van der Waals surface area contributed by atoms with Crippen LogP contribution in [0.4, 0.5) is 4.79 Å². The van der Waals surface area contributed by atoms with Gasteiger partial charge in [0.05, 0.1) is 0 Å². The standard InChI is InChI=1S/CH2O6S.Pb.2H/c2-1(3)7-8(4,5)6;;;/h(H,2,3)(H,4,5,6);;;. The molecule has 0 fully saturated rings. The van der Waals surface area contributed by atoms with Gasteiger partial charge in [-0.15, -0.1) is 0 Å². The number of hydrogen-bond donors (Lipinski definition) is 2. The van der Waals surface area contributed by atoms with Gasteiger partial charge in [-0.1, -0.05) is 0 Å². The SMILES string of the molecule is O=C(O)OS(=O)(=O)O.[PbH2]. The van der Waals surface area contributed by atoms with E-state index in [9.17, 15) is 13.2 Å². The molecule has 54 valence electrons. The third kappa shape index (κ3) is 11.6. The molecule has 0 bridgehead atoms. The molecular formula is CH4O6PbS. The topological polar surface area (TPSA) is 101 Å². The molecule has 0 aromatic heterocycles. The van der Waals surface area contributed by atoms with Crippen LogP contribution >= 0.6 is 0 Å². The molecule has 0 spiro atoms. The monoisotopic (exact) mass is 352 g/mol. The summed E-state index contributed by atoms with van der Waals surface area (Å²) in [6.07, 6.45) is -2.06. The molecule has 0 amide bonds. The quantitative estimate of drug-likeness (QED) is 0.444. The maximum absolute atomic E-state index is 9.39. The third-order valence-corrected chi connectivity index (χ3v) is 0.530. The van der Waals surface area contributed by atoms with E-state index in [0.717, 1.165) is 0 Å². The summed E-state index contributed by atoms with van der Waals surface area (Å²) >= 11 is 0. The van der Waals surface area contributed by atoms with Crippen molar-refractivity contribution in [1.82, 2.24) is 0 Å². The summed E-state index contributed by atoms with van der Waals surface area (Å²) in [5.74, 6) is 0. The predicted octanol–water partition coefficient (Wildman–Crippen LogP) is -1.43. The molecule has 0 saturated heterocycles. The van der Waals surface area contributed by atoms with Gasteiger partial charge >= 0.3 is 43.9 Å². The molecule has 0 aromatic carbocycles. The van der Waals surface area contributed by atoms with Crippen molar-refractivity contribution in [2.75, 3.05) is 0 Å². The summed E-state index contributed by atoms with van der Waals surface area (Å²) in [5, 5.41) is 7.49. The zero-order valence-electron chi connectivity index (χ0n) is 4.14. The van der Waals surface area contributed by atoms with E-state index >= 15 is 0 Å². The van der Waals surface area contributed by atoms with E-state index in [1.165, 1.54) is 0 Å². The van der Waals surface area contributed by atoms with Crippen LogP contribution in [0.25, 0.3) is 0 Å². The van der Waals surface area contributed by atoms with E-state index in [-0.39, 0.29) is 27.3 Å². The maximum atomic E-state index is 9.39. The molecule has 0 atom stereocenters. The Balaban J connectivity index is 0.